The van der Waals surface area contributed by atoms with E-state index < -0.39 is 5.92 Å². The van der Waals surface area contributed by atoms with Crippen LogP contribution in [0.5, 0.6) is 0 Å². The minimum atomic E-state index is -0.424. The molecule has 1 N–H and O–H groups in total. The van der Waals surface area contributed by atoms with Crippen LogP contribution in [0.3, 0.4) is 0 Å². The van der Waals surface area contributed by atoms with Crippen molar-refractivity contribution in [3.8, 4) is 0 Å². The Hall–Kier alpha value is -3.15. The van der Waals surface area contributed by atoms with Crippen LogP contribution in [0.25, 0.3) is 0 Å². The maximum absolute atomic E-state index is 13.2. The number of anilines is 1. The molecule has 1 spiro atoms. The first-order valence-corrected chi connectivity index (χ1v) is 11.9. The van der Waals surface area contributed by atoms with Gasteiger partial charge in [0.25, 0.3) is 0 Å². The van der Waals surface area contributed by atoms with E-state index in [-0.39, 0.29) is 29.7 Å². The number of aryl methyl sites for hydroxylation is 2. The van der Waals surface area contributed by atoms with Gasteiger partial charge in [-0.05, 0) is 61.4 Å². The second kappa shape index (κ2) is 8.32. The quantitative estimate of drug-likeness (QED) is 0.776. The highest BCUT2D eigenvalue weighted by Crippen LogP contribution is 2.42. The smallest absolute Gasteiger partial charge is 0.232 e. The minimum absolute atomic E-state index is 0.0248. The lowest BCUT2D eigenvalue weighted by molar-refractivity contribution is -0.138. The molecule has 2 saturated heterocycles. The van der Waals surface area contributed by atoms with E-state index in [0.29, 0.717) is 26.1 Å². The molecule has 2 aromatic rings. The zero-order valence-electron chi connectivity index (χ0n) is 19.4. The number of nitrogens with one attached hydrogen (secondary N) is 1. The number of nitrogens with zero attached hydrogens (tertiary/aromatic N) is 2. The van der Waals surface area contributed by atoms with Crippen molar-refractivity contribution in [3.63, 3.8) is 0 Å². The molecular weight excluding hydrogens is 414 g/mol. The largest absolute Gasteiger partial charge is 0.342 e. The summed E-state index contributed by atoms with van der Waals surface area (Å²) in [6, 6.07) is 14.2. The maximum atomic E-state index is 13.2. The molecule has 33 heavy (non-hydrogen) atoms. The Labute approximate surface area is 194 Å². The summed E-state index contributed by atoms with van der Waals surface area (Å²) in [5, 5.41) is 2.96. The number of carbonyl (C=O) groups excluding carboxylic acids is 3. The molecule has 0 saturated carbocycles. The van der Waals surface area contributed by atoms with Crippen molar-refractivity contribution in [1.82, 2.24) is 9.80 Å². The number of rotatable bonds is 4. The van der Waals surface area contributed by atoms with Gasteiger partial charge in [-0.25, -0.2) is 0 Å². The van der Waals surface area contributed by atoms with Crippen LogP contribution in [-0.4, -0.2) is 46.1 Å². The fourth-order valence-electron chi connectivity index (χ4n) is 5.98. The molecule has 1 unspecified atom stereocenters. The molecule has 3 heterocycles. The predicted octanol–water partition coefficient (Wildman–Crippen LogP) is 3.91. The highest BCUT2D eigenvalue weighted by atomic mass is 16.2. The zero-order chi connectivity index (χ0) is 23.2. The van der Waals surface area contributed by atoms with Crippen molar-refractivity contribution in [3.05, 3.63) is 64.7 Å². The molecule has 6 heteroatoms. The van der Waals surface area contributed by atoms with E-state index >= 15 is 0 Å². The van der Waals surface area contributed by atoms with Crippen molar-refractivity contribution < 1.29 is 14.4 Å². The number of fused-ring (bicyclic) bond motifs is 1. The van der Waals surface area contributed by atoms with Crippen molar-refractivity contribution in [1.29, 1.82) is 0 Å². The van der Waals surface area contributed by atoms with Gasteiger partial charge >= 0.3 is 0 Å². The molecular formula is C27H31N3O3. The third kappa shape index (κ3) is 3.92. The molecule has 0 bridgehead atoms. The standard InChI is InChI=1S/C27H31N3O3/c1-18-14-19(2)25-21(26(33)28-22(25)15-18)16-24(32)29-12-10-27(11-13-29)9-8-23(31)30(27)17-20-6-4-3-5-7-20/h3-7,14-15,21H,8-13,16-17H2,1-2H3,(H,28,33). The molecule has 172 valence electrons. The predicted molar refractivity (Wildman–Crippen MR) is 127 cm³/mol. The first kappa shape index (κ1) is 21.7. The fourth-order valence-corrected chi connectivity index (χ4v) is 5.98. The number of hydrogen-bond acceptors (Lipinski definition) is 3. The highest BCUT2D eigenvalue weighted by molar-refractivity contribution is 6.05. The molecule has 6 nitrogen and oxygen atoms in total. The number of hydrogen-bond donors (Lipinski definition) is 1. The molecule has 2 fully saturated rings. The lowest BCUT2D eigenvalue weighted by atomic mass is 9.84. The van der Waals surface area contributed by atoms with E-state index in [4.69, 9.17) is 0 Å². The normalized spacial score (nSPS) is 21.5. The first-order chi connectivity index (χ1) is 15.9. The number of benzene rings is 2. The number of amides is 3. The van der Waals surface area contributed by atoms with Crippen LogP contribution >= 0.6 is 0 Å². The van der Waals surface area contributed by atoms with Crippen LogP contribution in [0.2, 0.25) is 0 Å². The summed E-state index contributed by atoms with van der Waals surface area (Å²) in [7, 11) is 0. The second-order valence-electron chi connectivity index (χ2n) is 9.86. The Bertz CT molecular complexity index is 1100. The number of carbonyl (C=O) groups is 3. The SMILES string of the molecule is Cc1cc(C)c2c(c1)NC(=O)C2CC(=O)N1CCC2(CCC(=O)N2Cc2ccccc2)CC1. The first-order valence-electron chi connectivity index (χ1n) is 11.9. The van der Waals surface area contributed by atoms with Gasteiger partial charge in [-0.3, -0.25) is 14.4 Å². The highest BCUT2D eigenvalue weighted by Gasteiger charge is 2.47. The summed E-state index contributed by atoms with van der Waals surface area (Å²) >= 11 is 0. The molecule has 3 amide bonds. The minimum Gasteiger partial charge on any atom is -0.342 e. The Morgan fingerprint density at radius 3 is 2.52 bits per heavy atom. The Morgan fingerprint density at radius 2 is 1.79 bits per heavy atom. The van der Waals surface area contributed by atoms with Gasteiger partial charge in [0, 0.05) is 43.7 Å². The molecule has 0 aliphatic carbocycles. The van der Waals surface area contributed by atoms with Gasteiger partial charge in [0.05, 0.1) is 5.92 Å². The second-order valence-corrected chi connectivity index (χ2v) is 9.86. The van der Waals surface area contributed by atoms with Crippen LogP contribution in [0.15, 0.2) is 42.5 Å². The van der Waals surface area contributed by atoms with Gasteiger partial charge in [0.15, 0.2) is 0 Å². The third-order valence-electron chi connectivity index (χ3n) is 7.74. The van der Waals surface area contributed by atoms with Crippen LogP contribution in [-0.2, 0) is 20.9 Å². The summed E-state index contributed by atoms with van der Waals surface area (Å²) in [6.07, 6.45) is 3.23. The van der Waals surface area contributed by atoms with Crippen LogP contribution in [0.4, 0.5) is 5.69 Å². The molecule has 1 atom stereocenters. The van der Waals surface area contributed by atoms with Crippen molar-refractivity contribution in [2.45, 2.75) is 64.0 Å². The Morgan fingerprint density at radius 1 is 1.06 bits per heavy atom. The summed E-state index contributed by atoms with van der Waals surface area (Å²) < 4.78 is 0. The van der Waals surface area contributed by atoms with Crippen molar-refractivity contribution in [2.24, 2.45) is 0 Å². The maximum Gasteiger partial charge on any atom is 0.232 e. The molecule has 3 aliphatic heterocycles. The fraction of sp³-hybridized carbons (Fsp3) is 0.444. The van der Waals surface area contributed by atoms with Gasteiger partial charge < -0.3 is 15.1 Å². The molecule has 2 aromatic carbocycles. The van der Waals surface area contributed by atoms with E-state index in [1.807, 2.05) is 43.0 Å². The molecule has 0 aromatic heterocycles. The van der Waals surface area contributed by atoms with Crippen molar-refractivity contribution >= 4 is 23.4 Å². The molecule has 0 radical (unpaired) electrons. The van der Waals surface area contributed by atoms with Crippen LogP contribution < -0.4 is 5.32 Å². The monoisotopic (exact) mass is 445 g/mol. The van der Waals surface area contributed by atoms with E-state index in [0.717, 1.165) is 47.2 Å². The zero-order valence-corrected chi connectivity index (χ0v) is 19.4. The van der Waals surface area contributed by atoms with Gasteiger partial charge in [-0.1, -0.05) is 36.4 Å². The number of likely N-dealkylation sites (tertiary alicyclic amines) is 2. The molecule has 3 aliphatic rings. The van der Waals surface area contributed by atoms with Gasteiger partial charge in [0.2, 0.25) is 17.7 Å². The van der Waals surface area contributed by atoms with E-state index in [9.17, 15) is 14.4 Å². The Balaban J connectivity index is 1.26. The lowest BCUT2D eigenvalue weighted by Gasteiger charge is -2.45. The van der Waals surface area contributed by atoms with E-state index in [2.05, 4.69) is 28.4 Å². The van der Waals surface area contributed by atoms with E-state index in [1.165, 1.54) is 0 Å². The summed E-state index contributed by atoms with van der Waals surface area (Å²) in [5.74, 6) is -0.275. The Kier molecular flexibility index (Phi) is 5.47. The third-order valence-corrected chi connectivity index (χ3v) is 7.74. The summed E-state index contributed by atoms with van der Waals surface area (Å²) in [6.45, 7) is 5.91. The van der Waals surface area contributed by atoms with E-state index in [1.54, 1.807) is 0 Å². The van der Waals surface area contributed by atoms with Crippen LogP contribution in [0.1, 0.15) is 60.3 Å². The molecule has 5 rings (SSSR count). The lowest BCUT2D eigenvalue weighted by Crippen LogP contribution is -2.54. The van der Waals surface area contributed by atoms with Gasteiger partial charge in [0.1, 0.15) is 0 Å². The average Bonchev–Trinajstić information content (AvgIpc) is 3.26. The summed E-state index contributed by atoms with van der Waals surface area (Å²) in [5.41, 5.74) is 4.94. The van der Waals surface area contributed by atoms with Gasteiger partial charge in [-0.2, -0.15) is 0 Å². The van der Waals surface area contributed by atoms with Gasteiger partial charge in [-0.15, -0.1) is 0 Å². The topological polar surface area (TPSA) is 69.7 Å². The number of piperidine rings is 1. The van der Waals surface area contributed by atoms with Crippen molar-refractivity contribution in [2.75, 3.05) is 18.4 Å². The summed E-state index contributed by atoms with van der Waals surface area (Å²) in [4.78, 5) is 42.5. The van der Waals surface area contributed by atoms with Crippen LogP contribution in [0, 0.1) is 13.8 Å². The average molecular weight is 446 g/mol.